The maximum atomic E-state index is 10.8. The largest absolute Gasteiger partial charge is 0.478 e. The number of hydrogen-bond donors (Lipinski definition) is 1. The molecule has 1 aromatic carbocycles. The molecule has 0 amide bonds. The highest BCUT2D eigenvalue weighted by atomic mass is 35.5. The normalized spacial score (nSPS) is 15.9. The zero-order chi connectivity index (χ0) is 13.7. The number of carbonyl (C=O) groups is 1. The third-order valence-electron chi connectivity index (χ3n) is 4.15. The Morgan fingerprint density at radius 2 is 1.80 bits per heavy atom. The van der Waals surface area contributed by atoms with Gasteiger partial charge in [-0.1, -0.05) is 31.4 Å². The molecule has 1 aliphatic rings. The van der Waals surface area contributed by atoms with Gasteiger partial charge in [-0.2, -0.15) is 0 Å². The maximum absolute atomic E-state index is 10.8. The molecule has 1 saturated carbocycles. The van der Waals surface area contributed by atoms with E-state index in [1.54, 1.807) is 12.1 Å². The summed E-state index contributed by atoms with van der Waals surface area (Å²) in [6.07, 6.45) is 7.77. The molecule has 0 aromatic heterocycles. The molecular weight excluding hydrogens is 274 g/mol. The Morgan fingerprint density at radius 3 is 2.35 bits per heavy atom. The first-order chi connectivity index (χ1) is 9.16. The lowest BCUT2D eigenvalue weighted by atomic mass is 9.94. The number of carboxylic acids is 1. The van der Waals surface area contributed by atoms with Crippen molar-refractivity contribution in [3.05, 3.63) is 35.4 Å². The molecule has 0 atom stereocenters. The first kappa shape index (κ1) is 17.0. The van der Waals surface area contributed by atoms with Crippen molar-refractivity contribution in [1.82, 2.24) is 4.90 Å². The lowest BCUT2D eigenvalue weighted by Crippen LogP contribution is -2.34. The summed E-state index contributed by atoms with van der Waals surface area (Å²) in [6.45, 7) is 1.05. The summed E-state index contributed by atoms with van der Waals surface area (Å²) in [5, 5.41) is 8.86. The first-order valence-electron chi connectivity index (χ1n) is 7.19. The summed E-state index contributed by atoms with van der Waals surface area (Å²) in [5.41, 5.74) is 1.58. The minimum absolute atomic E-state index is 0. The summed E-state index contributed by atoms with van der Waals surface area (Å²) in [6, 6.07) is 7.99. The monoisotopic (exact) mass is 297 g/mol. The van der Waals surface area contributed by atoms with Crippen LogP contribution in [0.5, 0.6) is 0 Å². The van der Waals surface area contributed by atoms with Crippen LogP contribution in [0.2, 0.25) is 0 Å². The van der Waals surface area contributed by atoms with E-state index in [1.165, 1.54) is 37.7 Å². The van der Waals surface area contributed by atoms with Gasteiger partial charge in [0.25, 0.3) is 0 Å². The molecule has 0 heterocycles. The second kappa shape index (κ2) is 8.28. The lowest BCUT2D eigenvalue weighted by molar-refractivity contribution is 0.0697. The van der Waals surface area contributed by atoms with Crippen LogP contribution in [-0.2, 0) is 6.42 Å². The minimum Gasteiger partial charge on any atom is -0.478 e. The highest BCUT2D eigenvalue weighted by molar-refractivity contribution is 5.87. The van der Waals surface area contributed by atoms with Crippen molar-refractivity contribution in [2.24, 2.45) is 0 Å². The zero-order valence-corrected chi connectivity index (χ0v) is 12.9. The first-order valence-corrected chi connectivity index (χ1v) is 7.19. The molecule has 4 heteroatoms. The second-order valence-corrected chi connectivity index (χ2v) is 5.52. The van der Waals surface area contributed by atoms with Gasteiger partial charge < -0.3 is 10.0 Å². The van der Waals surface area contributed by atoms with E-state index in [2.05, 4.69) is 11.9 Å². The SMILES string of the molecule is CN(CCc1ccc(C(=O)O)cc1)C1CCCCC1.Cl. The quantitative estimate of drug-likeness (QED) is 0.902. The van der Waals surface area contributed by atoms with Gasteiger partial charge >= 0.3 is 5.97 Å². The fourth-order valence-electron chi connectivity index (χ4n) is 2.82. The number of carboxylic acid groups (broad SMARTS) is 1. The van der Waals surface area contributed by atoms with Crippen LogP contribution < -0.4 is 0 Å². The Balaban J connectivity index is 0.00000200. The summed E-state index contributed by atoms with van der Waals surface area (Å²) < 4.78 is 0. The van der Waals surface area contributed by atoms with Crippen LogP contribution in [0.3, 0.4) is 0 Å². The van der Waals surface area contributed by atoms with Crippen LogP contribution in [0, 0.1) is 0 Å². The van der Waals surface area contributed by atoms with E-state index >= 15 is 0 Å². The average Bonchev–Trinajstić information content (AvgIpc) is 2.46. The Morgan fingerprint density at radius 1 is 1.20 bits per heavy atom. The molecule has 112 valence electrons. The Hall–Kier alpha value is -1.06. The van der Waals surface area contributed by atoms with E-state index in [1.807, 2.05) is 12.1 Å². The summed E-state index contributed by atoms with van der Waals surface area (Å²) in [7, 11) is 2.21. The van der Waals surface area contributed by atoms with Gasteiger partial charge in [0.05, 0.1) is 5.56 Å². The third-order valence-corrected chi connectivity index (χ3v) is 4.15. The van der Waals surface area contributed by atoms with Crippen molar-refractivity contribution in [2.45, 2.75) is 44.6 Å². The fourth-order valence-corrected chi connectivity index (χ4v) is 2.82. The van der Waals surface area contributed by atoms with Crippen LogP contribution >= 0.6 is 12.4 Å². The van der Waals surface area contributed by atoms with Crippen molar-refractivity contribution in [3.63, 3.8) is 0 Å². The van der Waals surface area contributed by atoms with Gasteiger partial charge in [-0.05, 0) is 44.0 Å². The van der Waals surface area contributed by atoms with Crippen molar-refractivity contribution < 1.29 is 9.90 Å². The average molecular weight is 298 g/mol. The lowest BCUT2D eigenvalue weighted by Gasteiger charge is -2.31. The third kappa shape index (κ3) is 4.80. The van der Waals surface area contributed by atoms with Crippen LogP contribution in [0.1, 0.15) is 48.0 Å². The fraction of sp³-hybridized carbons (Fsp3) is 0.562. The molecule has 1 aliphatic carbocycles. The number of nitrogens with zero attached hydrogens (tertiary/aromatic N) is 1. The maximum Gasteiger partial charge on any atom is 0.335 e. The van der Waals surface area contributed by atoms with Gasteiger partial charge in [-0.25, -0.2) is 4.79 Å². The number of halogens is 1. The molecule has 3 nitrogen and oxygen atoms in total. The molecule has 1 fully saturated rings. The summed E-state index contributed by atoms with van der Waals surface area (Å²) in [4.78, 5) is 13.2. The van der Waals surface area contributed by atoms with E-state index in [9.17, 15) is 4.79 Å². The molecule has 1 aromatic rings. The topological polar surface area (TPSA) is 40.5 Å². The molecule has 0 saturated heterocycles. The number of rotatable bonds is 5. The molecule has 0 radical (unpaired) electrons. The van der Waals surface area contributed by atoms with E-state index in [0.717, 1.165) is 19.0 Å². The van der Waals surface area contributed by atoms with Gasteiger partial charge in [-0.15, -0.1) is 12.4 Å². The van der Waals surface area contributed by atoms with Gasteiger partial charge in [0.2, 0.25) is 0 Å². The van der Waals surface area contributed by atoms with E-state index < -0.39 is 5.97 Å². The molecule has 2 rings (SSSR count). The van der Waals surface area contributed by atoms with Crippen LogP contribution in [0.25, 0.3) is 0 Å². The Bertz CT molecular complexity index is 413. The highest BCUT2D eigenvalue weighted by Crippen LogP contribution is 2.21. The molecule has 0 spiro atoms. The minimum atomic E-state index is -0.856. The Kier molecular flexibility index (Phi) is 7.03. The van der Waals surface area contributed by atoms with Gasteiger partial charge in [-0.3, -0.25) is 0 Å². The zero-order valence-electron chi connectivity index (χ0n) is 12.0. The van der Waals surface area contributed by atoms with Gasteiger partial charge in [0.15, 0.2) is 0 Å². The van der Waals surface area contributed by atoms with Crippen molar-refractivity contribution >= 4 is 18.4 Å². The number of aromatic carboxylic acids is 1. The van der Waals surface area contributed by atoms with Gasteiger partial charge in [0, 0.05) is 12.6 Å². The van der Waals surface area contributed by atoms with E-state index in [4.69, 9.17) is 5.11 Å². The summed E-state index contributed by atoms with van der Waals surface area (Å²) in [5.74, 6) is -0.856. The highest BCUT2D eigenvalue weighted by Gasteiger charge is 2.17. The van der Waals surface area contributed by atoms with Crippen LogP contribution in [0.15, 0.2) is 24.3 Å². The number of likely N-dealkylation sites (N-methyl/N-ethyl adjacent to an activating group) is 1. The second-order valence-electron chi connectivity index (χ2n) is 5.52. The van der Waals surface area contributed by atoms with Crippen LogP contribution in [-0.4, -0.2) is 35.6 Å². The van der Waals surface area contributed by atoms with Gasteiger partial charge in [0.1, 0.15) is 0 Å². The molecule has 0 bridgehead atoms. The van der Waals surface area contributed by atoms with Crippen molar-refractivity contribution in [1.29, 1.82) is 0 Å². The molecule has 0 unspecified atom stereocenters. The van der Waals surface area contributed by atoms with Crippen LogP contribution in [0.4, 0.5) is 0 Å². The van der Waals surface area contributed by atoms with E-state index in [0.29, 0.717) is 5.56 Å². The van der Waals surface area contributed by atoms with E-state index in [-0.39, 0.29) is 12.4 Å². The number of benzene rings is 1. The number of hydrogen-bond acceptors (Lipinski definition) is 2. The standard InChI is InChI=1S/C16H23NO2.ClH/c1-17(15-5-3-2-4-6-15)12-11-13-7-9-14(10-8-13)16(18)19;/h7-10,15H,2-6,11-12H2,1H3,(H,18,19);1H. The summed E-state index contributed by atoms with van der Waals surface area (Å²) >= 11 is 0. The molecule has 1 N–H and O–H groups in total. The molecule has 0 aliphatic heterocycles. The Labute approximate surface area is 127 Å². The smallest absolute Gasteiger partial charge is 0.335 e. The van der Waals surface area contributed by atoms with Crippen molar-refractivity contribution in [2.75, 3.05) is 13.6 Å². The van der Waals surface area contributed by atoms with Crippen molar-refractivity contribution in [3.8, 4) is 0 Å². The molecular formula is C16H24ClNO2. The predicted molar refractivity (Wildman–Crippen MR) is 83.9 cm³/mol. The molecule has 20 heavy (non-hydrogen) atoms. The predicted octanol–water partition coefficient (Wildman–Crippen LogP) is 3.61.